The zero-order valence-corrected chi connectivity index (χ0v) is 11.2. The summed E-state index contributed by atoms with van der Waals surface area (Å²) in [6.07, 6.45) is 2.34. The summed E-state index contributed by atoms with van der Waals surface area (Å²) >= 11 is 0. The summed E-state index contributed by atoms with van der Waals surface area (Å²) in [6, 6.07) is 6.82. The van der Waals surface area contributed by atoms with Crippen molar-refractivity contribution in [2.75, 3.05) is 31.2 Å². The lowest BCUT2D eigenvalue weighted by Crippen LogP contribution is -2.22. The number of hydrogen-bond acceptors (Lipinski definition) is 4. The molecule has 5 heteroatoms. The smallest absolute Gasteiger partial charge is 0.175 e. The number of benzene rings is 1. The van der Waals surface area contributed by atoms with Crippen LogP contribution in [0.3, 0.4) is 0 Å². The summed E-state index contributed by atoms with van der Waals surface area (Å²) in [5.74, 6) is 0. The van der Waals surface area contributed by atoms with Crippen molar-refractivity contribution in [1.82, 2.24) is 5.32 Å². The van der Waals surface area contributed by atoms with Gasteiger partial charge < -0.3 is 10.6 Å². The summed E-state index contributed by atoms with van der Waals surface area (Å²) in [6.45, 7) is 4.89. The van der Waals surface area contributed by atoms with Crippen molar-refractivity contribution >= 4 is 15.5 Å². The van der Waals surface area contributed by atoms with Gasteiger partial charge in [0.15, 0.2) is 9.84 Å². The predicted octanol–water partition coefficient (Wildman–Crippen LogP) is 1.50. The average Bonchev–Trinajstić information content (AvgIpc) is 2.28. The van der Waals surface area contributed by atoms with E-state index in [1.54, 1.807) is 24.3 Å². The highest BCUT2D eigenvalue weighted by atomic mass is 32.2. The van der Waals surface area contributed by atoms with Gasteiger partial charge in [-0.25, -0.2) is 8.42 Å². The molecule has 0 heterocycles. The first kappa shape index (κ1) is 14.0. The fourth-order valence-electron chi connectivity index (χ4n) is 1.42. The first-order chi connectivity index (χ1) is 8.04. The molecule has 1 aromatic carbocycles. The van der Waals surface area contributed by atoms with Gasteiger partial charge in [0.25, 0.3) is 0 Å². The maximum absolute atomic E-state index is 11.2. The van der Waals surface area contributed by atoms with Crippen molar-refractivity contribution in [3.8, 4) is 0 Å². The number of hydrogen-bond donors (Lipinski definition) is 2. The molecule has 0 atom stereocenters. The summed E-state index contributed by atoms with van der Waals surface area (Å²) < 4.78 is 22.5. The second kappa shape index (κ2) is 6.61. The van der Waals surface area contributed by atoms with E-state index in [0.717, 1.165) is 31.7 Å². The van der Waals surface area contributed by atoms with Crippen LogP contribution in [-0.4, -0.2) is 34.3 Å². The Bertz CT molecular complexity index is 426. The van der Waals surface area contributed by atoms with E-state index in [0.29, 0.717) is 4.90 Å². The van der Waals surface area contributed by atoms with Gasteiger partial charge in [-0.3, -0.25) is 0 Å². The molecule has 0 aliphatic carbocycles. The summed E-state index contributed by atoms with van der Waals surface area (Å²) in [5.41, 5.74) is 0.940. The van der Waals surface area contributed by atoms with Gasteiger partial charge in [-0.15, -0.1) is 0 Å². The SMILES string of the molecule is CCCNCCNc1ccc(S(C)(=O)=O)cc1. The largest absolute Gasteiger partial charge is 0.384 e. The molecule has 0 aliphatic heterocycles. The zero-order chi connectivity index (χ0) is 12.7. The quantitative estimate of drug-likeness (QED) is 0.726. The van der Waals surface area contributed by atoms with E-state index < -0.39 is 9.84 Å². The maximum Gasteiger partial charge on any atom is 0.175 e. The second-order valence-electron chi connectivity index (χ2n) is 3.97. The molecule has 0 amide bonds. The third-order valence-electron chi connectivity index (χ3n) is 2.34. The monoisotopic (exact) mass is 256 g/mol. The van der Waals surface area contributed by atoms with Crippen molar-refractivity contribution in [2.24, 2.45) is 0 Å². The molecular formula is C12H20N2O2S. The molecule has 0 radical (unpaired) electrons. The molecule has 0 unspecified atom stereocenters. The Morgan fingerprint density at radius 1 is 1.06 bits per heavy atom. The Balaban J connectivity index is 2.41. The Morgan fingerprint density at radius 3 is 2.24 bits per heavy atom. The lowest BCUT2D eigenvalue weighted by atomic mass is 10.3. The molecule has 1 aromatic rings. The first-order valence-electron chi connectivity index (χ1n) is 5.78. The van der Waals surface area contributed by atoms with Crippen LogP contribution in [0.1, 0.15) is 13.3 Å². The van der Waals surface area contributed by atoms with Gasteiger partial charge in [0.1, 0.15) is 0 Å². The Labute approximate surface area is 103 Å². The molecular weight excluding hydrogens is 236 g/mol. The molecule has 0 bridgehead atoms. The lowest BCUT2D eigenvalue weighted by molar-refractivity contribution is 0.602. The third kappa shape index (κ3) is 5.19. The Kier molecular flexibility index (Phi) is 5.44. The average molecular weight is 256 g/mol. The molecule has 0 spiro atoms. The first-order valence-corrected chi connectivity index (χ1v) is 7.68. The van der Waals surface area contributed by atoms with E-state index in [2.05, 4.69) is 17.6 Å². The topological polar surface area (TPSA) is 58.2 Å². The predicted molar refractivity (Wildman–Crippen MR) is 71.2 cm³/mol. The van der Waals surface area contributed by atoms with Gasteiger partial charge in [0.05, 0.1) is 4.90 Å². The van der Waals surface area contributed by atoms with E-state index >= 15 is 0 Å². The Morgan fingerprint density at radius 2 is 1.71 bits per heavy atom. The van der Waals surface area contributed by atoms with E-state index in [9.17, 15) is 8.42 Å². The molecule has 0 saturated heterocycles. The molecule has 0 fully saturated rings. The van der Waals surface area contributed by atoms with Crippen LogP contribution in [0.5, 0.6) is 0 Å². The highest BCUT2D eigenvalue weighted by Gasteiger charge is 2.05. The molecule has 4 nitrogen and oxygen atoms in total. The van der Waals surface area contributed by atoms with Gasteiger partial charge >= 0.3 is 0 Å². The highest BCUT2D eigenvalue weighted by molar-refractivity contribution is 7.90. The van der Waals surface area contributed by atoms with Crippen LogP contribution in [0.25, 0.3) is 0 Å². The highest BCUT2D eigenvalue weighted by Crippen LogP contribution is 2.13. The molecule has 0 saturated carbocycles. The summed E-state index contributed by atoms with van der Waals surface area (Å²) in [5, 5.41) is 6.51. The van der Waals surface area contributed by atoms with Crippen LogP contribution in [0.15, 0.2) is 29.2 Å². The van der Waals surface area contributed by atoms with Crippen LogP contribution in [0.4, 0.5) is 5.69 Å². The third-order valence-corrected chi connectivity index (χ3v) is 3.47. The van der Waals surface area contributed by atoms with Crippen LogP contribution < -0.4 is 10.6 Å². The fourth-order valence-corrected chi connectivity index (χ4v) is 2.05. The van der Waals surface area contributed by atoms with Gasteiger partial charge in [-0.2, -0.15) is 0 Å². The maximum atomic E-state index is 11.2. The minimum atomic E-state index is -3.09. The van der Waals surface area contributed by atoms with Gasteiger partial charge in [0, 0.05) is 25.0 Å². The van der Waals surface area contributed by atoms with Crippen molar-refractivity contribution < 1.29 is 8.42 Å². The number of nitrogens with one attached hydrogen (secondary N) is 2. The number of sulfone groups is 1. The minimum Gasteiger partial charge on any atom is -0.384 e. The van der Waals surface area contributed by atoms with Crippen molar-refractivity contribution in [3.05, 3.63) is 24.3 Å². The van der Waals surface area contributed by atoms with E-state index in [-0.39, 0.29) is 0 Å². The van der Waals surface area contributed by atoms with Crippen LogP contribution in [0.2, 0.25) is 0 Å². The second-order valence-corrected chi connectivity index (χ2v) is 5.99. The molecule has 0 aliphatic rings. The fraction of sp³-hybridized carbons (Fsp3) is 0.500. The standard InChI is InChI=1S/C12H20N2O2S/c1-3-8-13-9-10-14-11-4-6-12(7-5-11)17(2,15)16/h4-7,13-14H,3,8-10H2,1-2H3. The summed E-state index contributed by atoms with van der Waals surface area (Å²) in [4.78, 5) is 0.354. The molecule has 2 N–H and O–H groups in total. The molecule has 17 heavy (non-hydrogen) atoms. The zero-order valence-electron chi connectivity index (χ0n) is 10.4. The molecule has 1 rings (SSSR count). The Hall–Kier alpha value is -1.07. The summed E-state index contributed by atoms with van der Waals surface area (Å²) in [7, 11) is -3.09. The molecule has 0 aromatic heterocycles. The van der Waals surface area contributed by atoms with Crippen LogP contribution in [0, 0.1) is 0 Å². The van der Waals surface area contributed by atoms with Crippen molar-refractivity contribution in [3.63, 3.8) is 0 Å². The van der Waals surface area contributed by atoms with Gasteiger partial charge in [0.2, 0.25) is 0 Å². The van der Waals surface area contributed by atoms with E-state index in [4.69, 9.17) is 0 Å². The molecule has 96 valence electrons. The van der Waals surface area contributed by atoms with Crippen LogP contribution >= 0.6 is 0 Å². The van der Waals surface area contributed by atoms with Crippen molar-refractivity contribution in [2.45, 2.75) is 18.2 Å². The normalized spacial score (nSPS) is 11.4. The lowest BCUT2D eigenvalue weighted by Gasteiger charge is -2.07. The van der Waals surface area contributed by atoms with E-state index in [1.807, 2.05) is 0 Å². The van der Waals surface area contributed by atoms with Gasteiger partial charge in [-0.05, 0) is 37.2 Å². The number of anilines is 1. The van der Waals surface area contributed by atoms with E-state index in [1.165, 1.54) is 6.26 Å². The minimum absolute atomic E-state index is 0.354. The van der Waals surface area contributed by atoms with Gasteiger partial charge in [-0.1, -0.05) is 6.92 Å². The van der Waals surface area contributed by atoms with Crippen LogP contribution in [-0.2, 0) is 9.84 Å². The number of rotatable bonds is 7. The van der Waals surface area contributed by atoms with Crippen molar-refractivity contribution in [1.29, 1.82) is 0 Å².